The second-order valence-corrected chi connectivity index (χ2v) is 5.54. The number of rotatable bonds is 5. The molecule has 0 atom stereocenters. The molecule has 4 heteroatoms. The Labute approximate surface area is 125 Å². The van der Waals surface area contributed by atoms with E-state index in [1.165, 1.54) is 5.39 Å². The minimum Gasteiger partial charge on any atom is -0.477 e. The molecule has 1 aliphatic rings. The number of ether oxygens (including phenoxy) is 2. The maximum atomic E-state index is 6.05. The molecule has 2 aromatic rings. The molecule has 112 valence electrons. The van der Waals surface area contributed by atoms with Crippen LogP contribution >= 0.6 is 0 Å². The van der Waals surface area contributed by atoms with Gasteiger partial charge in [-0.15, -0.1) is 0 Å². The molecule has 0 amide bonds. The lowest BCUT2D eigenvalue weighted by Gasteiger charge is -2.22. The molecular formula is C17H22N2O2. The molecule has 1 aromatic carbocycles. The van der Waals surface area contributed by atoms with Gasteiger partial charge in [0, 0.05) is 25.1 Å². The number of nitrogens with zero attached hydrogens (tertiary/aromatic N) is 1. The summed E-state index contributed by atoms with van der Waals surface area (Å²) < 4.78 is 11.4. The van der Waals surface area contributed by atoms with Gasteiger partial charge in [-0.1, -0.05) is 18.2 Å². The summed E-state index contributed by atoms with van der Waals surface area (Å²) in [7, 11) is 1.93. The summed E-state index contributed by atoms with van der Waals surface area (Å²) >= 11 is 0. The van der Waals surface area contributed by atoms with E-state index in [0.29, 0.717) is 5.92 Å². The van der Waals surface area contributed by atoms with E-state index in [4.69, 9.17) is 9.47 Å². The molecule has 21 heavy (non-hydrogen) atoms. The molecule has 1 fully saturated rings. The van der Waals surface area contributed by atoms with Gasteiger partial charge in [0.2, 0.25) is 5.88 Å². The quantitative estimate of drug-likeness (QED) is 0.918. The maximum absolute atomic E-state index is 6.05. The predicted octanol–water partition coefficient (Wildman–Crippen LogP) is 2.76. The van der Waals surface area contributed by atoms with Gasteiger partial charge in [-0.25, -0.2) is 4.98 Å². The molecule has 0 spiro atoms. The molecule has 0 radical (unpaired) electrons. The summed E-state index contributed by atoms with van der Waals surface area (Å²) in [4.78, 5) is 4.66. The molecule has 1 saturated heterocycles. The molecule has 2 heterocycles. The number of benzene rings is 1. The van der Waals surface area contributed by atoms with Gasteiger partial charge in [-0.05, 0) is 43.3 Å². The van der Waals surface area contributed by atoms with Gasteiger partial charge in [0.15, 0.2) is 0 Å². The lowest BCUT2D eigenvalue weighted by Crippen LogP contribution is -2.22. The third kappa shape index (κ3) is 3.52. The van der Waals surface area contributed by atoms with E-state index in [-0.39, 0.29) is 0 Å². The van der Waals surface area contributed by atoms with E-state index >= 15 is 0 Å². The lowest BCUT2D eigenvalue weighted by atomic mass is 10.0. The Kier molecular flexibility index (Phi) is 4.68. The van der Waals surface area contributed by atoms with E-state index in [0.717, 1.165) is 56.2 Å². The number of pyridine rings is 1. The van der Waals surface area contributed by atoms with Crippen LogP contribution in [-0.4, -0.2) is 31.9 Å². The van der Waals surface area contributed by atoms with Crippen LogP contribution in [0.25, 0.3) is 10.8 Å². The zero-order valence-corrected chi connectivity index (χ0v) is 12.5. The van der Waals surface area contributed by atoms with Gasteiger partial charge in [0.05, 0.1) is 12.3 Å². The molecule has 1 aliphatic heterocycles. The molecular weight excluding hydrogens is 264 g/mol. The average molecular weight is 286 g/mol. The molecule has 0 unspecified atom stereocenters. The third-order valence-electron chi connectivity index (χ3n) is 3.91. The maximum Gasteiger partial charge on any atom is 0.221 e. The van der Waals surface area contributed by atoms with E-state index in [1.54, 1.807) is 0 Å². The summed E-state index contributed by atoms with van der Waals surface area (Å²) in [6.07, 6.45) is 2.16. The average Bonchev–Trinajstić information content (AvgIpc) is 2.54. The first kappa shape index (κ1) is 14.3. The number of hydrogen-bond donors (Lipinski definition) is 1. The van der Waals surface area contributed by atoms with Crippen LogP contribution in [0.1, 0.15) is 18.5 Å². The van der Waals surface area contributed by atoms with Gasteiger partial charge in [0.1, 0.15) is 0 Å². The summed E-state index contributed by atoms with van der Waals surface area (Å²) in [5, 5.41) is 5.41. The first-order valence-electron chi connectivity index (χ1n) is 7.60. The van der Waals surface area contributed by atoms with Gasteiger partial charge in [0.25, 0.3) is 0 Å². The highest BCUT2D eigenvalue weighted by Crippen LogP contribution is 2.26. The summed E-state index contributed by atoms with van der Waals surface area (Å²) in [5.74, 6) is 1.33. The fraction of sp³-hybridized carbons (Fsp3) is 0.471. The van der Waals surface area contributed by atoms with Crippen molar-refractivity contribution in [3.8, 4) is 5.88 Å². The van der Waals surface area contributed by atoms with Crippen molar-refractivity contribution >= 4 is 10.8 Å². The summed E-state index contributed by atoms with van der Waals surface area (Å²) in [6, 6.07) is 10.4. The number of aromatic nitrogens is 1. The fourth-order valence-electron chi connectivity index (χ4n) is 2.71. The number of nitrogens with one attached hydrogen (secondary N) is 1. The molecule has 0 bridgehead atoms. The van der Waals surface area contributed by atoms with Gasteiger partial charge in [-0.3, -0.25) is 0 Å². The smallest absolute Gasteiger partial charge is 0.221 e. The van der Waals surface area contributed by atoms with Crippen molar-refractivity contribution in [1.82, 2.24) is 10.3 Å². The highest BCUT2D eigenvalue weighted by atomic mass is 16.5. The van der Waals surface area contributed by atoms with E-state index in [1.807, 2.05) is 19.2 Å². The second-order valence-electron chi connectivity index (χ2n) is 5.54. The van der Waals surface area contributed by atoms with Crippen LogP contribution in [0, 0.1) is 5.92 Å². The minimum absolute atomic E-state index is 0.576. The highest BCUT2D eigenvalue weighted by Gasteiger charge is 2.15. The van der Waals surface area contributed by atoms with Crippen molar-refractivity contribution in [2.24, 2.45) is 5.92 Å². The molecule has 3 rings (SSSR count). The first-order chi connectivity index (χ1) is 10.4. The zero-order valence-electron chi connectivity index (χ0n) is 12.5. The van der Waals surface area contributed by atoms with Crippen molar-refractivity contribution < 1.29 is 9.47 Å². The standard InChI is InChI=1S/C17H22N2O2/c1-18-11-15-10-14-4-2-3-5-16(14)17(19-15)21-12-13-6-8-20-9-7-13/h2-5,10,13,18H,6-9,11-12H2,1H3. The van der Waals surface area contributed by atoms with Crippen LogP contribution in [0.2, 0.25) is 0 Å². The van der Waals surface area contributed by atoms with Gasteiger partial charge in [-0.2, -0.15) is 0 Å². The Balaban J connectivity index is 1.81. The van der Waals surface area contributed by atoms with Crippen molar-refractivity contribution in [3.05, 3.63) is 36.0 Å². The Morgan fingerprint density at radius 3 is 2.90 bits per heavy atom. The summed E-state index contributed by atoms with van der Waals surface area (Å²) in [5.41, 5.74) is 1.01. The molecule has 0 aliphatic carbocycles. The largest absolute Gasteiger partial charge is 0.477 e. The Hall–Kier alpha value is -1.65. The van der Waals surface area contributed by atoms with E-state index < -0.39 is 0 Å². The lowest BCUT2D eigenvalue weighted by molar-refractivity contribution is 0.0493. The minimum atomic E-state index is 0.576. The Morgan fingerprint density at radius 2 is 2.10 bits per heavy atom. The molecule has 0 saturated carbocycles. The van der Waals surface area contributed by atoms with Gasteiger partial charge < -0.3 is 14.8 Å². The normalized spacial score (nSPS) is 16.2. The van der Waals surface area contributed by atoms with Crippen molar-refractivity contribution in [3.63, 3.8) is 0 Å². The Morgan fingerprint density at radius 1 is 1.29 bits per heavy atom. The highest BCUT2D eigenvalue weighted by molar-refractivity contribution is 5.87. The second kappa shape index (κ2) is 6.87. The molecule has 1 N–H and O–H groups in total. The third-order valence-corrected chi connectivity index (χ3v) is 3.91. The first-order valence-corrected chi connectivity index (χ1v) is 7.60. The molecule has 1 aromatic heterocycles. The monoisotopic (exact) mass is 286 g/mol. The van der Waals surface area contributed by atoms with Crippen LogP contribution < -0.4 is 10.1 Å². The predicted molar refractivity (Wildman–Crippen MR) is 83.5 cm³/mol. The Bertz CT molecular complexity index is 594. The van der Waals surface area contributed by atoms with Crippen molar-refractivity contribution in [2.75, 3.05) is 26.9 Å². The molecule has 4 nitrogen and oxygen atoms in total. The van der Waals surface area contributed by atoms with Crippen molar-refractivity contribution in [1.29, 1.82) is 0 Å². The van der Waals surface area contributed by atoms with E-state index in [2.05, 4.69) is 28.5 Å². The SMILES string of the molecule is CNCc1cc2ccccc2c(OCC2CCOCC2)n1. The van der Waals surface area contributed by atoms with Crippen LogP contribution in [0.4, 0.5) is 0 Å². The van der Waals surface area contributed by atoms with E-state index in [9.17, 15) is 0 Å². The van der Waals surface area contributed by atoms with Crippen molar-refractivity contribution in [2.45, 2.75) is 19.4 Å². The fourth-order valence-corrected chi connectivity index (χ4v) is 2.71. The van der Waals surface area contributed by atoms with Crippen LogP contribution in [-0.2, 0) is 11.3 Å². The van der Waals surface area contributed by atoms with Crippen LogP contribution in [0.5, 0.6) is 5.88 Å². The van der Waals surface area contributed by atoms with Crippen LogP contribution in [0.15, 0.2) is 30.3 Å². The number of fused-ring (bicyclic) bond motifs is 1. The topological polar surface area (TPSA) is 43.4 Å². The van der Waals surface area contributed by atoms with Gasteiger partial charge >= 0.3 is 0 Å². The summed E-state index contributed by atoms with van der Waals surface area (Å²) in [6.45, 7) is 3.17. The zero-order chi connectivity index (χ0) is 14.5. The number of hydrogen-bond acceptors (Lipinski definition) is 4. The van der Waals surface area contributed by atoms with Crippen LogP contribution in [0.3, 0.4) is 0 Å².